The van der Waals surface area contributed by atoms with Gasteiger partial charge in [-0.15, -0.1) is 0 Å². The van der Waals surface area contributed by atoms with Gasteiger partial charge in [0.2, 0.25) is 5.91 Å². The zero-order valence-corrected chi connectivity index (χ0v) is 11.6. The zero-order valence-electron chi connectivity index (χ0n) is 11.6. The van der Waals surface area contributed by atoms with Gasteiger partial charge in [0.25, 0.3) is 0 Å². The fourth-order valence-electron chi connectivity index (χ4n) is 3.10. The van der Waals surface area contributed by atoms with Crippen LogP contribution in [0.3, 0.4) is 0 Å². The van der Waals surface area contributed by atoms with Crippen LogP contribution in [0.2, 0.25) is 0 Å². The Labute approximate surface area is 105 Å². The molecule has 2 rings (SSSR count). The third-order valence-electron chi connectivity index (χ3n) is 5.14. The number of hydrogen-bond acceptors (Lipinski definition) is 2. The molecule has 2 aliphatic carbocycles. The molecule has 0 aromatic heterocycles. The molecule has 2 aliphatic rings. The lowest BCUT2D eigenvalue weighted by molar-refractivity contribution is -0.134. The highest BCUT2D eigenvalue weighted by Crippen LogP contribution is 2.69. The SMILES string of the molecule is CC1(C)C(C(=O)N(CCCN)C2CC2)C1(C)C. The predicted molar refractivity (Wildman–Crippen MR) is 69.5 cm³/mol. The second-order valence-electron chi connectivity index (χ2n) is 6.78. The van der Waals surface area contributed by atoms with E-state index in [0.717, 1.165) is 13.0 Å². The van der Waals surface area contributed by atoms with Crippen molar-refractivity contribution in [1.82, 2.24) is 4.90 Å². The molecule has 2 N–H and O–H groups in total. The average Bonchev–Trinajstić information content (AvgIpc) is 3.07. The van der Waals surface area contributed by atoms with Gasteiger partial charge < -0.3 is 10.6 Å². The molecule has 0 atom stereocenters. The van der Waals surface area contributed by atoms with Gasteiger partial charge in [-0.2, -0.15) is 0 Å². The highest BCUT2D eigenvalue weighted by Gasteiger charge is 2.69. The molecule has 0 bridgehead atoms. The lowest BCUT2D eigenvalue weighted by Gasteiger charge is -2.23. The summed E-state index contributed by atoms with van der Waals surface area (Å²) in [6.45, 7) is 10.4. The summed E-state index contributed by atoms with van der Waals surface area (Å²) >= 11 is 0. The van der Waals surface area contributed by atoms with Crippen LogP contribution in [0.1, 0.15) is 47.0 Å². The van der Waals surface area contributed by atoms with Crippen LogP contribution in [-0.4, -0.2) is 29.9 Å². The normalized spacial score (nSPS) is 25.7. The molecule has 0 radical (unpaired) electrons. The van der Waals surface area contributed by atoms with E-state index in [0.29, 0.717) is 18.5 Å². The lowest BCUT2D eigenvalue weighted by Crippen LogP contribution is -2.37. The Bertz CT molecular complexity index is 304. The first-order valence-electron chi connectivity index (χ1n) is 6.84. The molecular weight excluding hydrogens is 212 g/mol. The Kier molecular flexibility index (Phi) is 3.01. The fourth-order valence-corrected chi connectivity index (χ4v) is 3.10. The van der Waals surface area contributed by atoms with Crippen molar-refractivity contribution in [3.8, 4) is 0 Å². The maximum absolute atomic E-state index is 12.6. The van der Waals surface area contributed by atoms with Gasteiger partial charge in [-0.3, -0.25) is 4.79 Å². The third kappa shape index (κ3) is 1.99. The summed E-state index contributed by atoms with van der Waals surface area (Å²) in [5.74, 6) is 0.573. The first-order valence-corrected chi connectivity index (χ1v) is 6.84. The van der Waals surface area contributed by atoms with Crippen LogP contribution in [-0.2, 0) is 4.79 Å². The van der Waals surface area contributed by atoms with Crippen molar-refractivity contribution in [2.45, 2.75) is 53.0 Å². The quantitative estimate of drug-likeness (QED) is 0.796. The molecule has 0 aromatic rings. The number of carbonyl (C=O) groups is 1. The van der Waals surface area contributed by atoms with Crippen LogP contribution in [0.4, 0.5) is 0 Å². The highest BCUT2D eigenvalue weighted by atomic mass is 16.2. The summed E-state index contributed by atoms with van der Waals surface area (Å²) in [6.07, 6.45) is 3.30. The van der Waals surface area contributed by atoms with Crippen LogP contribution >= 0.6 is 0 Å². The van der Waals surface area contributed by atoms with E-state index in [1.165, 1.54) is 12.8 Å². The summed E-state index contributed by atoms with van der Waals surface area (Å²) in [5.41, 5.74) is 5.86. The number of rotatable bonds is 5. The molecule has 0 heterocycles. The molecule has 2 fully saturated rings. The van der Waals surface area contributed by atoms with Gasteiger partial charge in [-0.1, -0.05) is 27.7 Å². The molecule has 98 valence electrons. The van der Waals surface area contributed by atoms with E-state index in [1.807, 2.05) is 0 Å². The van der Waals surface area contributed by atoms with E-state index in [-0.39, 0.29) is 16.7 Å². The van der Waals surface area contributed by atoms with E-state index < -0.39 is 0 Å². The van der Waals surface area contributed by atoms with E-state index in [1.54, 1.807) is 0 Å². The minimum atomic E-state index is 0.153. The standard InChI is InChI=1S/C14H26N2O/c1-13(2)11(14(13,3)4)12(17)16(9-5-8-15)10-6-7-10/h10-11H,5-9,15H2,1-4H3. The van der Waals surface area contributed by atoms with Crippen molar-refractivity contribution in [2.75, 3.05) is 13.1 Å². The minimum absolute atomic E-state index is 0.153. The van der Waals surface area contributed by atoms with Crippen molar-refractivity contribution < 1.29 is 4.79 Å². The number of nitrogens with zero attached hydrogens (tertiary/aromatic N) is 1. The average molecular weight is 238 g/mol. The monoisotopic (exact) mass is 238 g/mol. The Balaban J connectivity index is 2.03. The van der Waals surface area contributed by atoms with E-state index in [4.69, 9.17) is 5.73 Å². The molecule has 0 aliphatic heterocycles. The summed E-state index contributed by atoms with van der Waals surface area (Å²) in [6, 6.07) is 0.515. The van der Waals surface area contributed by atoms with Crippen molar-refractivity contribution >= 4 is 5.91 Å². The minimum Gasteiger partial charge on any atom is -0.339 e. The summed E-state index contributed by atoms with van der Waals surface area (Å²) in [7, 11) is 0. The Morgan fingerprint density at radius 2 is 1.76 bits per heavy atom. The number of amides is 1. The van der Waals surface area contributed by atoms with Gasteiger partial charge in [-0.05, 0) is 36.6 Å². The van der Waals surface area contributed by atoms with Crippen LogP contribution < -0.4 is 5.73 Å². The van der Waals surface area contributed by atoms with Gasteiger partial charge in [0.1, 0.15) is 0 Å². The van der Waals surface area contributed by atoms with E-state index in [9.17, 15) is 4.79 Å². The van der Waals surface area contributed by atoms with Crippen molar-refractivity contribution in [1.29, 1.82) is 0 Å². The van der Waals surface area contributed by atoms with Crippen molar-refractivity contribution in [3.63, 3.8) is 0 Å². The molecule has 3 heteroatoms. The fraction of sp³-hybridized carbons (Fsp3) is 0.929. The topological polar surface area (TPSA) is 46.3 Å². The Morgan fingerprint density at radius 1 is 1.24 bits per heavy atom. The summed E-state index contributed by atoms with van der Waals surface area (Å²) in [5, 5.41) is 0. The van der Waals surface area contributed by atoms with E-state index in [2.05, 4.69) is 32.6 Å². The molecule has 2 saturated carbocycles. The molecule has 0 spiro atoms. The molecule has 17 heavy (non-hydrogen) atoms. The first kappa shape index (κ1) is 12.9. The molecule has 3 nitrogen and oxygen atoms in total. The van der Waals surface area contributed by atoms with Gasteiger partial charge in [-0.25, -0.2) is 0 Å². The van der Waals surface area contributed by atoms with Gasteiger partial charge in [0, 0.05) is 18.5 Å². The third-order valence-corrected chi connectivity index (χ3v) is 5.14. The van der Waals surface area contributed by atoms with Crippen LogP contribution in [0, 0.1) is 16.7 Å². The van der Waals surface area contributed by atoms with Gasteiger partial charge in [0.15, 0.2) is 0 Å². The second-order valence-corrected chi connectivity index (χ2v) is 6.78. The number of hydrogen-bond donors (Lipinski definition) is 1. The number of carbonyl (C=O) groups excluding carboxylic acids is 1. The van der Waals surface area contributed by atoms with Crippen LogP contribution in [0.5, 0.6) is 0 Å². The highest BCUT2D eigenvalue weighted by molar-refractivity contribution is 5.84. The van der Waals surface area contributed by atoms with E-state index >= 15 is 0 Å². The van der Waals surface area contributed by atoms with Crippen molar-refractivity contribution in [3.05, 3.63) is 0 Å². The number of nitrogens with two attached hydrogens (primary N) is 1. The molecule has 0 unspecified atom stereocenters. The molecular formula is C14H26N2O. The maximum Gasteiger partial charge on any atom is 0.227 e. The van der Waals surface area contributed by atoms with Crippen molar-refractivity contribution in [2.24, 2.45) is 22.5 Å². The summed E-state index contributed by atoms with van der Waals surface area (Å²) < 4.78 is 0. The Morgan fingerprint density at radius 3 is 2.12 bits per heavy atom. The molecule has 0 saturated heterocycles. The lowest BCUT2D eigenvalue weighted by atomic mass is 10.0. The first-order chi connectivity index (χ1) is 7.84. The maximum atomic E-state index is 12.6. The van der Waals surface area contributed by atoms with Crippen LogP contribution in [0.15, 0.2) is 0 Å². The van der Waals surface area contributed by atoms with Gasteiger partial charge in [0.05, 0.1) is 0 Å². The predicted octanol–water partition coefficient (Wildman–Crippen LogP) is 2.01. The zero-order chi connectivity index (χ0) is 12.8. The second kappa shape index (κ2) is 3.98. The Hall–Kier alpha value is -0.570. The molecule has 1 amide bonds. The molecule has 0 aromatic carbocycles. The smallest absolute Gasteiger partial charge is 0.227 e. The van der Waals surface area contributed by atoms with Crippen LogP contribution in [0.25, 0.3) is 0 Å². The largest absolute Gasteiger partial charge is 0.339 e. The summed E-state index contributed by atoms with van der Waals surface area (Å²) in [4.78, 5) is 14.7. The van der Waals surface area contributed by atoms with Gasteiger partial charge >= 0.3 is 0 Å².